The minimum atomic E-state index is -0.148. The van der Waals surface area contributed by atoms with Crippen molar-refractivity contribution in [3.05, 3.63) is 57.7 Å². The zero-order valence-electron chi connectivity index (χ0n) is 18.9. The van der Waals surface area contributed by atoms with Crippen molar-refractivity contribution in [3.8, 4) is 17.0 Å². The van der Waals surface area contributed by atoms with Crippen LogP contribution < -0.4 is 14.9 Å². The van der Waals surface area contributed by atoms with E-state index in [1.54, 1.807) is 11.3 Å². The van der Waals surface area contributed by atoms with Crippen LogP contribution >= 0.6 is 11.3 Å². The van der Waals surface area contributed by atoms with Gasteiger partial charge in [-0.3, -0.25) is 4.79 Å². The molecule has 4 rings (SSSR count). The number of nitrogens with one attached hydrogen (secondary N) is 1. The fraction of sp³-hybridized carbons (Fsp3) is 0.320. The van der Waals surface area contributed by atoms with Crippen molar-refractivity contribution in [1.82, 2.24) is 4.68 Å². The van der Waals surface area contributed by atoms with Gasteiger partial charge in [-0.25, -0.2) is 9.67 Å². The number of amides is 1. The molecule has 0 bridgehead atoms. The molecule has 0 atom stereocenters. The van der Waals surface area contributed by atoms with Gasteiger partial charge in [0, 0.05) is 17.2 Å². The van der Waals surface area contributed by atoms with Crippen molar-refractivity contribution in [2.75, 3.05) is 11.9 Å². The summed E-state index contributed by atoms with van der Waals surface area (Å²) in [5.74, 6) is 0.931. The Morgan fingerprint density at radius 3 is 2.66 bits per heavy atom. The molecule has 2 aromatic carbocycles. The molecule has 0 aliphatic carbocycles. The summed E-state index contributed by atoms with van der Waals surface area (Å²) in [5.41, 5.74) is 5.76. The average molecular weight is 449 g/mol. The van der Waals surface area contributed by atoms with E-state index in [2.05, 4.69) is 50.5 Å². The van der Waals surface area contributed by atoms with Gasteiger partial charge < -0.3 is 10.1 Å². The molecule has 0 spiro atoms. The number of carbonyl (C=O) groups is 1. The van der Waals surface area contributed by atoms with Crippen molar-refractivity contribution >= 4 is 34.8 Å². The molecule has 0 radical (unpaired) electrons. The molecule has 7 heteroatoms. The van der Waals surface area contributed by atoms with E-state index in [1.807, 2.05) is 35.2 Å². The number of thiazole rings is 1. The van der Waals surface area contributed by atoms with Gasteiger partial charge >= 0.3 is 0 Å². The second-order valence-corrected chi connectivity index (χ2v) is 8.79. The molecule has 0 unspecified atom stereocenters. The first kappa shape index (κ1) is 22.0. The van der Waals surface area contributed by atoms with Crippen LogP contribution in [0.4, 0.5) is 11.4 Å². The van der Waals surface area contributed by atoms with Crippen LogP contribution in [0.3, 0.4) is 0 Å². The number of nitrogens with zero attached hydrogens (tertiary/aromatic N) is 3. The smallest absolute Gasteiger partial charge is 0.262 e. The molecule has 1 aromatic heterocycles. The first-order valence-corrected chi connectivity index (χ1v) is 11.8. The predicted molar refractivity (Wildman–Crippen MR) is 131 cm³/mol. The monoisotopic (exact) mass is 448 g/mol. The minimum absolute atomic E-state index is 0.0450. The van der Waals surface area contributed by atoms with Crippen LogP contribution in [-0.4, -0.2) is 23.4 Å². The summed E-state index contributed by atoms with van der Waals surface area (Å²) in [4.78, 5) is 17.6. The maximum absolute atomic E-state index is 11.8. The van der Waals surface area contributed by atoms with Gasteiger partial charge in [0.05, 0.1) is 17.1 Å². The third kappa shape index (κ3) is 4.53. The van der Waals surface area contributed by atoms with Gasteiger partial charge in [0.15, 0.2) is 6.61 Å². The number of hydrogen-bond acceptors (Lipinski definition) is 5. The highest BCUT2D eigenvalue weighted by atomic mass is 32.1. The van der Waals surface area contributed by atoms with E-state index in [1.165, 1.54) is 0 Å². The minimum Gasteiger partial charge on any atom is -0.482 e. The fourth-order valence-electron chi connectivity index (χ4n) is 3.67. The molecule has 6 nitrogen and oxygen atoms in total. The lowest BCUT2D eigenvalue weighted by Crippen LogP contribution is -2.25. The van der Waals surface area contributed by atoms with E-state index in [0.717, 1.165) is 45.7 Å². The summed E-state index contributed by atoms with van der Waals surface area (Å²) < 4.78 is 7.42. The number of para-hydroxylation sites is 1. The van der Waals surface area contributed by atoms with Crippen LogP contribution in [0.2, 0.25) is 0 Å². The summed E-state index contributed by atoms with van der Waals surface area (Å²) in [6.07, 6.45) is 4.08. The van der Waals surface area contributed by atoms with Gasteiger partial charge in [-0.05, 0) is 61.9 Å². The molecule has 0 saturated heterocycles. The molecule has 1 N–H and O–H groups in total. The second kappa shape index (κ2) is 9.53. The van der Waals surface area contributed by atoms with E-state index in [9.17, 15) is 4.79 Å². The molecule has 0 fully saturated rings. The molecule has 1 aliphatic rings. The highest BCUT2D eigenvalue weighted by molar-refractivity contribution is 7.07. The maximum atomic E-state index is 11.8. The van der Waals surface area contributed by atoms with Crippen LogP contribution in [0.1, 0.15) is 37.8 Å². The number of carbonyl (C=O) groups excluding carboxylic acids is 1. The Bertz CT molecular complexity index is 1210. The number of rotatable bonds is 6. The fourth-order valence-corrected chi connectivity index (χ4v) is 4.51. The lowest BCUT2D eigenvalue weighted by molar-refractivity contribution is -0.118. The zero-order valence-corrected chi connectivity index (χ0v) is 19.7. The molecule has 1 amide bonds. The zero-order chi connectivity index (χ0) is 22.7. The van der Waals surface area contributed by atoms with Gasteiger partial charge in [0.2, 0.25) is 4.80 Å². The summed E-state index contributed by atoms with van der Waals surface area (Å²) >= 11 is 1.55. The summed E-state index contributed by atoms with van der Waals surface area (Å²) in [6.45, 7) is 8.54. The van der Waals surface area contributed by atoms with Crippen LogP contribution in [-0.2, 0) is 4.79 Å². The van der Waals surface area contributed by atoms with Gasteiger partial charge in [-0.15, -0.1) is 11.3 Å². The van der Waals surface area contributed by atoms with Crippen LogP contribution in [0.25, 0.3) is 11.3 Å². The number of benzene rings is 2. The number of aromatic nitrogens is 1. The third-order valence-corrected chi connectivity index (χ3v) is 6.50. The summed E-state index contributed by atoms with van der Waals surface area (Å²) in [6, 6.07) is 12.0. The molecular weight excluding hydrogens is 420 g/mol. The summed E-state index contributed by atoms with van der Waals surface area (Å²) in [7, 11) is 0. The SMILES string of the molecule is CCC(C=Nn1c(-c2ccc3c(c2)NC(=O)CO3)csc1=Nc1c(C)cccc1C)CC. The van der Waals surface area contributed by atoms with Crippen molar-refractivity contribution in [1.29, 1.82) is 0 Å². The highest BCUT2D eigenvalue weighted by Gasteiger charge is 2.18. The quantitative estimate of drug-likeness (QED) is 0.494. The average Bonchev–Trinajstić information content (AvgIpc) is 3.19. The number of fused-ring (bicyclic) bond motifs is 1. The lowest BCUT2D eigenvalue weighted by Gasteiger charge is -2.18. The maximum Gasteiger partial charge on any atom is 0.262 e. The van der Waals surface area contributed by atoms with Crippen LogP contribution in [0.15, 0.2) is 51.9 Å². The molecule has 32 heavy (non-hydrogen) atoms. The Kier molecular flexibility index (Phi) is 6.55. The largest absolute Gasteiger partial charge is 0.482 e. The van der Waals surface area contributed by atoms with Gasteiger partial charge in [-0.2, -0.15) is 5.10 Å². The molecule has 166 valence electrons. The van der Waals surface area contributed by atoms with Crippen molar-refractivity contribution < 1.29 is 9.53 Å². The summed E-state index contributed by atoms with van der Waals surface area (Å²) in [5, 5.41) is 9.80. The topological polar surface area (TPSA) is 68.0 Å². The molecular formula is C25H28N4O2S. The third-order valence-electron chi connectivity index (χ3n) is 5.68. The number of aryl methyl sites for hydroxylation is 2. The first-order chi connectivity index (χ1) is 15.5. The van der Waals surface area contributed by atoms with Gasteiger partial charge in [0.25, 0.3) is 5.91 Å². The Morgan fingerprint density at radius 2 is 1.94 bits per heavy atom. The molecule has 0 saturated carbocycles. The predicted octanol–water partition coefficient (Wildman–Crippen LogP) is 5.67. The van der Waals surface area contributed by atoms with Crippen molar-refractivity contribution in [2.45, 2.75) is 40.5 Å². The number of ether oxygens (including phenoxy) is 1. The van der Waals surface area contributed by atoms with E-state index in [-0.39, 0.29) is 12.5 Å². The number of anilines is 1. The second-order valence-electron chi connectivity index (χ2n) is 7.96. The van der Waals surface area contributed by atoms with Crippen LogP contribution in [0, 0.1) is 19.8 Å². The Hall–Kier alpha value is -3.19. The van der Waals surface area contributed by atoms with E-state index < -0.39 is 0 Å². The standard InChI is InChI=1S/C25H28N4O2S/c1-5-18(6-2)13-26-29-21(19-10-11-22-20(12-19)27-23(30)14-31-22)15-32-25(29)28-24-16(3)8-7-9-17(24)4/h7-13,15,18H,5-6,14H2,1-4H3,(H,27,30). The Balaban J connectivity index is 1.86. The van der Waals surface area contributed by atoms with Gasteiger partial charge in [0.1, 0.15) is 5.75 Å². The highest BCUT2D eigenvalue weighted by Crippen LogP contribution is 2.33. The van der Waals surface area contributed by atoms with E-state index in [0.29, 0.717) is 17.4 Å². The van der Waals surface area contributed by atoms with Gasteiger partial charge in [-0.1, -0.05) is 32.0 Å². The molecule has 3 aromatic rings. The van der Waals surface area contributed by atoms with Crippen LogP contribution in [0.5, 0.6) is 5.75 Å². The van der Waals surface area contributed by atoms with Crippen molar-refractivity contribution in [3.63, 3.8) is 0 Å². The number of hydrogen-bond donors (Lipinski definition) is 1. The molecule has 2 heterocycles. The Labute approximate surface area is 192 Å². The lowest BCUT2D eigenvalue weighted by atomic mass is 10.1. The Morgan fingerprint density at radius 1 is 1.19 bits per heavy atom. The van der Waals surface area contributed by atoms with Crippen molar-refractivity contribution in [2.24, 2.45) is 16.0 Å². The normalized spacial score (nSPS) is 14.0. The first-order valence-electron chi connectivity index (χ1n) is 10.9. The molecule has 1 aliphatic heterocycles. The van der Waals surface area contributed by atoms with E-state index >= 15 is 0 Å². The van der Waals surface area contributed by atoms with E-state index in [4.69, 9.17) is 14.8 Å².